The molecule has 2 heterocycles. The van der Waals surface area contributed by atoms with E-state index >= 15 is 0 Å². The van der Waals surface area contributed by atoms with Gasteiger partial charge in [-0.3, -0.25) is 9.59 Å². The van der Waals surface area contributed by atoms with Crippen LogP contribution in [-0.4, -0.2) is 48.4 Å². The molecule has 6 nitrogen and oxygen atoms in total. The average Bonchev–Trinajstić information content (AvgIpc) is 3.20. The first-order valence-corrected chi connectivity index (χ1v) is 10.9. The SMILES string of the molecule is COc1ccc2[nH]cc(C3CCN(C(=O)CNC(=O)c4ccc(Cl)cc4Cl)CC3)c2c1. The van der Waals surface area contributed by atoms with Crippen molar-refractivity contribution in [2.24, 2.45) is 0 Å². The number of benzene rings is 2. The van der Waals surface area contributed by atoms with Gasteiger partial charge >= 0.3 is 0 Å². The van der Waals surface area contributed by atoms with E-state index in [9.17, 15) is 9.59 Å². The van der Waals surface area contributed by atoms with Crippen molar-refractivity contribution in [3.63, 3.8) is 0 Å². The van der Waals surface area contributed by atoms with Gasteiger partial charge in [0, 0.05) is 35.2 Å². The van der Waals surface area contributed by atoms with Gasteiger partial charge in [0.2, 0.25) is 5.91 Å². The summed E-state index contributed by atoms with van der Waals surface area (Å²) >= 11 is 11.9. The Bertz CT molecular complexity index is 1120. The molecule has 2 N–H and O–H groups in total. The van der Waals surface area contributed by atoms with Crippen molar-refractivity contribution < 1.29 is 14.3 Å². The second kappa shape index (κ2) is 9.20. The third-order valence-corrected chi connectivity index (χ3v) is 6.33. The maximum absolute atomic E-state index is 12.6. The average molecular weight is 460 g/mol. The van der Waals surface area contributed by atoms with Gasteiger partial charge in [-0.2, -0.15) is 0 Å². The first-order chi connectivity index (χ1) is 15.0. The maximum Gasteiger partial charge on any atom is 0.253 e. The summed E-state index contributed by atoms with van der Waals surface area (Å²) in [5, 5.41) is 4.53. The highest BCUT2D eigenvalue weighted by molar-refractivity contribution is 6.36. The van der Waals surface area contributed by atoms with Gasteiger partial charge in [-0.15, -0.1) is 0 Å². The predicted octanol–water partition coefficient (Wildman–Crippen LogP) is 4.62. The van der Waals surface area contributed by atoms with Crippen LogP contribution in [0.25, 0.3) is 10.9 Å². The lowest BCUT2D eigenvalue weighted by Gasteiger charge is -2.32. The number of carbonyl (C=O) groups is 2. The number of carbonyl (C=O) groups excluding carboxylic acids is 2. The zero-order valence-electron chi connectivity index (χ0n) is 17.1. The van der Waals surface area contributed by atoms with Crippen LogP contribution in [0, 0.1) is 0 Å². The van der Waals surface area contributed by atoms with Crippen molar-refractivity contribution in [3.8, 4) is 5.75 Å². The van der Waals surface area contributed by atoms with Crippen molar-refractivity contribution in [1.82, 2.24) is 15.2 Å². The number of hydrogen-bond acceptors (Lipinski definition) is 3. The molecule has 3 aromatic rings. The first kappa shape index (κ1) is 21.5. The maximum atomic E-state index is 12.6. The number of nitrogens with one attached hydrogen (secondary N) is 2. The van der Waals surface area contributed by atoms with Crippen LogP contribution in [0.15, 0.2) is 42.6 Å². The van der Waals surface area contributed by atoms with E-state index in [-0.39, 0.29) is 17.5 Å². The number of piperidine rings is 1. The van der Waals surface area contributed by atoms with Crippen LogP contribution in [-0.2, 0) is 4.79 Å². The molecule has 0 atom stereocenters. The molecule has 0 saturated carbocycles. The highest BCUT2D eigenvalue weighted by atomic mass is 35.5. The van der Waals surface area contributed by atoms with Crippen LogP contribution in [0.4, 0.5) is 0 Å². The van der Waals surface area contributed by atoms with Crippen LogP contribution in [0.5, 0.6) is 5.75 Å². The lowest BCUT2D eigenvalue weighted by Crippen LogP contribution is -2.43. The Kier molecular flexibility index (Phi) is 6.39. The van der Waals surface area contributed by atoms with Gasteiger partial charge in [0.25, 0.3) is 5.91 Å². The van der Waals surface area contributed by atoms with E-state index in [1.807, 2.05) is 12.1 Å². The number of amides is 2. The third-order valence-electron chi connectivity index (χ3n) is 5.78. The lowest BCUT2D eigenvalue weighted by atomic mass is 9.89. The standard InChI is InChI=1S/C23H23Cl2N3O3/c1-31-16-3-5-21-18(11-16)19(12-26-21)14-6-8-28(9-7-14)22(29)13-27-23(30)17-4-2-15(24)10-20(17)25/h2-5,10-12,14,26H,6-9,13H2,1H3,(H,27,30). The van der Waals surface area contributed by atoms with Crippen molar-refractivity contribution in [2.45, 2.75) is 18.8 Å². The van der Waals surface area contributed by atoms with Crippen LogP contribution < -0.4 is 10.1 Å². The second-order valence-electron chi connectivity index (χ2n) is 7.62. The Morgan fingerprint density at radius 2 is 1.94 bits per heavy atom. The number of ether oxygens (including phenoxy) is 1. The van der Waals surface area contributed by atoms with E-state index in [1.165, 1.54) is 11.6 Å². The molecule has 2 amide bonds. The van der Waals surface area contributed by atoms with Gasteiger partial charge in [-0.1, -0.05) is 23.2 Å². The Hall–Kier alpha value is -2.70. The third kappa shape index (κ3) is 4.65. The molecule has 8 heteroatoms. The minimum Gasteiger partial charge on any atom is -0.497 e. The molecule has 4 rings (SSSR count). The predicted molar refractivity (Wildman–Crippen MR) is 122 cm³/mol. The molecular weight excluding hydrogens is 437 g/mol. The van der Waals surface area contributed by atoms with Crippen LogP contribution in [0.3, 0.4) is 0 Å². The van der Waals surface area contributed by atoms with Crippen molar-refractivity contribution >= 4 is 45.9 Å². The molecule has 31 heavy (non-hydrogen) atoms. The van der Waals surface area contributed by atoms with E-state index in [0.29, 0.717) is 29.6 Å². The van der Waals surface area contributed by atoms with Gasteiger partial charge in [-0.25, -0.2) is 0 Å². The number of likely N-dealkylation sites (tertiary alicyclic amines) is 1. The zero-order valence-corrected chi connectivity index (χ0v) is 18.6. The quantitative estimate of drug-likeness (QED) is 0.584. The molecular formula is C23H23Cl2N3O3. The van der Waals surface area contributed by atoms with E-state index in [2.05, 4.69) is 22.6 Å². The molecule has 0 bridgehead atoms. The summed E-state index contributed by atoms with van der Waals surface area (Å²) in [6.07, 6.45) is 3.79. The Morgan fingerprint density at radius 3 is 2.65 bits per heavy atom. The summed E-state index contributed by atoms with van der Waals surface area (Å²) in [6.45, 7) is 1.24. The number of aromatic amines is 1. The Morgan fingerprint density at radius 1 is 1.16 bits per heavy atom. The molecule has 1 saturated heterocycles. The Balaban J connectivity index is 1.33. The number of hydrogen-bond donors (Lipinski definition) is 2. The van der Waals surface area contributed by atoms with Crippen molar-refractivity contribution in [3.05, 3.63) is 63.8 Å². The number of H-pyrrole nitrogens is 1. The van der Waals surface area contributed by atoms with Gasteiger partial charge < -0.3 is 19.9 Å². The molecule has 0 radical (unpaired) electrons. The van der Waals surface area contributed by atoms with Crippen LogP contribution in [0.2, 0.25) is 10.0 Å². The number of halogens is 2. The van der Waals surface area contributed by atoms with Crippen molar-refractivity contribution in [1.29, 1.82) is 0 Å². The molecule has 0 unspecified atom stereocenters. The first-order valence-electron chi connectivity index (χ1n) is 10.1. The number of fused-ring (bicyclic) bond motifs is 1. The van der Waals surface area contributed by atoms with Crippen LogP contribution in [0.1, 0.15) is 34.7 Å². The monoisotopic (exact) mass is 459 g/mol. The number of methoxy groups -OCH3 is 1. The fourth-order valence-electron chi connectivity index (χ4n) is 4.06. The highest BCUT2D eigenvalue weighted by Crippen LogP contribution is 2.34. The minimum atomic E-state index is -0.391. The molecule has 1 fully saturated rings. The number of rotatable bonds is 5. The summed E-state index contributed by atoms with van der Waals surface area (Å²) in [5.74, 6) is 0.708. The van der Waals surface area contributed by atoms with E-state index in [4.69, 9.17) is 27.9 Å². The summed E-state index contributed by atoms with van der Waals surface area (Å²) < 4.78 is 5.36. The summed E-state index contributed by atoms with van der Waals surface area (Å²) in [6, 6.07) is 10.7. The summed E-state index contributed by atoms with van der Waals surface area (Å²) in [4.78, 5) is 30.0. The van der Waals surface area contributed by atoms with Gasteiger partial charge in [0.05, 0.1) is 24.2 Å². The van der Waals surface area contributed by atoms with Gasteiger partial charge in [0.15, 0.2) is 0 Å². The Labute approximate surface area is 190 Å². The zero-order chi connectivity index (χ0) is 22.0. The minimum absolute atomic E-state index is 0.0628. The van der Waals surface area contributed by atoms with Crippen molar-refractivity contribution in [2.75, 3.05) is 26.7 Å². The molecule has 1 aliphatic rings. The second-order valence-corrected chi connectivity index (χ2v) is 8.46. The highest BCUT2D eigenvalue weighted by Gasteiger charge is 2.26. The normalized spacial score (nSPS) is 14.6. The summed E-state index contributed by atoms with van der Waals surface area (Å²) in [7, 11) is 1.66. The number of nitrogens with zero attached hydrogens (tertiary/aromatic N) is 1. The molecule has 0 aliphatic carbocycles. The molecule has 2 aromatic carbocycles. The van der Waals surface area contributed by atoms with Crippen LogP contribution >= 0.6 is 23.2 Å². The smallest absolute Gasteiger partial charge is 0.253 e. The fourth-order valence-corrected chi connectivity index (χ4v) is 4.56. The topological polar surface area (TPSA) is 74.4 Å². The van der Waals surface area contributed by atoms with Gasteiger partial charge in [0.1, 0.15) is 5.75 Å². The van der Waals surface area contributed by atoms with E-state index in [1.54, 1.807) is 24.1 Å². The fraction of sp³-hybridized carbons (Fsp3) is 0.304. The van der Waals surface area contributed by atoms with E-state index in [0.717, 1.165) is 29.5 Å². The largest absolute Gasteiger partial charge is 0.497 e. The molecule has 0 spiro atoms. The molecule has 1 aromatic heterocycles. The summed E-state index contributed by atoms with van der Waals surface area (Å²) in [5.41, 5.74) is 2.64. The molecule has 162 valence electrons. The van der Waals surface area contributed by atoms with E-state index < -0.39 is 5.91 Å². The lowest BCUT2D eigenvalue weighted by molar-refractivity contribution is -0.131. The van der Waals surface area contributed by atoms with Gasteiger partial charge in [-0.05, 0) is 60.7 Å². The number of aromatic nitrogens is 1. The molecule has 1 aliphatic heterocycles.